The van der Waals surface area contributed by atoms with Gasteiger partial charge in [0, 0.05) is 16.6 Å². The molecule has 0 saturated heterocycles. The van der Waals surface area contributed by atoms with Gasteiger partial charge in [-0.3, -0.25) is 9.78 Å². The first-order valence-electron chi connectivity index (χ1n) is 6.83. The summed E-state index contributed by atoms with van der Waals surface area (Å²) in [5.41, 5.74) is 2.98. The minimum absolute atomic E-state index is 0.00741. The van der Waals surface area contributed by atoms with Gasteiger partial charge in [0.15, 0.2) is 0 Å². The standard InChI is InChI=1S/C15H16BrN3O/c16-11-7-5-10(6-8-11)9-17-15-18-13-4-2-1-3-12(13)14(20)19-15/h5-8H,1-4,9H2,(H2,17,18,19,20). The number of hydrogen-bond acceptors (Lipinski definition) is 3. The highest BCUT2D eigenvalue weighted by Gasteiger charge is 2.15. The Hall–Kier alpha value is -1.62. The van der Waals surface area contributed by atoms with Crippen molar-refractivity contribution in [3.05, 3.63) is 55.9 Å². The van der Waals surface area contributed by atoms with E-state index >= 15 is 0 Å². The van der Waals surface area contributed by atoms with E-state index in [0.29, 0.717) is 12.5 Å². The third-order valence-corrected chi connectivity index (χ3v) is 4.09. The molecule has 0 unspecified atom stereocenters. The van der Waals surface area contributed by atoms with Gasteiger partial charge in [-0.25, -0.2) is 4.98 Å². The highest BCUT2D eigenvalue weighted by Crippen LogP contribution is 2.17. The maximum atomic E-state index is 12.0. The minimum Gasteiger partial charge on any atom is -0.352 e. The average Bonchev–Trinajstić information content (AvgIpc) is 2.47. The maximum Gasteiger partial charge on any atom is 0.255 e. The van der Waals surface area contributed by atoms with Crippen LogP contribution in [0.5, 0.6) is 0 Å². The van der Waals surface area contributed by atoms with Gasteiger partial charge in [-0.15, -0.1) is 0 Å². The van der Waals surface area contributed by atoms with Crippen LogP contribution in [0.2, 0.25) is 0 Å². The molecule has 5 heteroatoms. The predicted molar refractivity (Wildman–Crippen MR) is 83.0 cm³/mol. The number of aromatic amines is 1. The highest BCUT2D eigenvalue weighted by atomic mass is 79.9. The molecule has 104 valence electrons. The number of nitrogens with zero attached hydrogens (tertiary/aromatic N) is 1. The fraction of sp³-hybridized carbons (Fsp3) is 0.333. The number of rotatable bonds is 3. The van der Waals surface area contributed by atoms with E-state index in [-0.39, 0.29) is 5.56 Å². The summed E-state index contributed by atoms with van der Waals surface area (Å²) >= 11 is 3.41. The normalized spacial score (nSPS) is 13.8. The van der Waals surface area contributed by atoms with Gasteiger partial charge in [0.25, 0.3) is 5.56 Å². The Morgan fingerprint density at radius 3 is 2.75 bits per heavy atom. The van der Waals surface area contributed by atoms with Gasteiger partial charge in [0.05, 0.1) is 5.69 Å². The topological polar surface area (TPSA) is 57.8 Å². The molecule has 0 amide bonds. The number of aryl methyl sites for hydroxylation is 1. The molecule has 0 saturated carbocycles. The molecule has 4 nitrogen and oxygen atoms in total. The highest BCUT2D eigenvalue weighted by molar-refractivity contribution is 9.10. The first kappa shape index (κ1) is 13.4. The third-order valence-electron chi connectivity index (χ3n) is 3.56. The van der Waals surface area contributed by atoms with Gasteiger partial charge >= 0.3 is 0 Å². The zero-order chi connectivity index (χ0) is 13.9. The lowest BCUT2D eigenvalue weighted by Gasteiger charge is -2.15. The van der Waals surface area contributed by atoms with E-state index in [4.69, 9.17) is 0 Å². The summed E-state index contributed by atoms with van der Waals surface area (Å²) in [6.45, 7) is 0.648. The van der Waals surface area contributed by atoms with Crippen molar-refractivity contribution in [2.45, 2.75) is 32.2 Å². The Labute approximate surface area is 125 Å². The molecule has 0 bridgehead atoms. The van der Waals surface area contributed by atoms with E-state index in [2.05, 4.69) is 31.2 Å². The Morgan fingerprint density at radius 1 is 1.20 bits per heavy atom. The van der Waals surface area contributed by atoms with Gasteiger partial charge in [0.2, 0.25) is 5.95 Å². The number of anilines is 1. The quantitative estimate of drug-likeness (QED) is 0.907. The summed E-state index contributed by atoms with van der Waals surface area (Å²) in [5.74, 6) is 0.568. The fourth-order valence-corrected chi connectivity index (χ4v) is 2.74. The summed E-state index contributed by atoms with van der Waals surface area (Å²) < 4.78 is 1.06. The van der Waals surface area contributed by atoms with Crippen LogP contribution in [-0.2, 0) is 19.4 Å². The first-order chi connectivity index (χ1) is 9.72. The average molecular weight is 334 g/mol. The van der Waals surface area contributed by atoms with Crippen LogP contribution in [0.1, 0.15) is 29.7 Å². The number of benzene rings is 1. The molecule has 0 atom stereocenters. The molecule has 1 aliphatic rings. The smallest absolute Gasteiger partial charge is 0.255 e. The van der Waals surface area contributed by atoms with Crippen molar-refractivity contribution in [3.63, 3.8) is 0 Å². The van der Waals surface area contributed by atoms with Crippen molar-refractivity contribution in [1.29, 1.82) is 0 Å². The van der Waals surface area contributed by atoms with Gasteiger partial charge in [-0.1, -0.05) is 28.1 Å². The summed E-state index contributed by atoms with van der Waals surface area (Å²) in [5, 5.41) is 3.19. The largest absolute Gasteiger partial charge is 0.352 e. The van der Waals surface area contributed by atoms with Crippen LogP contribution in [-0.4, -0.2) is 9.97 Å². The summed E-state index contributed by atoms with van der Waals surface area (Å²) in [6.07, 6.45) is 3.97. The molecular formula is C15H16BrN3O. The Bertz CT molecular complexity index is 664. The molecule has 0 radical (unpaired) electrons. The summed E-state index contributed by atoms with van der Waals surface area (Å²) in [4.78, 5) is 19.4. The van der Waals surface area contributed by atoms with E-state index in [0.717, 1.165) is 47.0 Å². The van der Waals surface area contributed by atoms with Crippen LogP contribution >= 0.6 is 15.9 Å². The summed E-state index contributed by atoms with van der Waals surface area (Å²) in [6, 6.07) is 8.07. The Kier molecular flexibility index (Phi) is 3.87. The second-order valence-corrected chi connectivity index (χ2v) is 5.94. The Balaban J connectivity index is 1.76. The molecule has 0 spiro atoms. The zero-order valence-corrected chi connectivity index (χ0v) is 12.7. The molecule has 0 aliphatic heterocycles. The van der Waals surface area contributed by atoms with E-state index < -0.39 is 0 Å². The van der Waals surface area contributed by atoms with Crippen molar-refractivity contribution in [3.8, 4) is 0 Å². The van der Waals surface area contributed by atoms with Crippen LogP contribution in [0.15, 0.2) is 33.5 Å². The van der Waals surface area contributed by atoms with E-state index in [1.165, 1.54) is 0 Å². The maximum absolute atomic E-state index is 12.0. The molecule has 2 N–H and O–H groups in total. The lowest BCUT2D eigenvalue weighted by Crippen LogP contribution is -2.22. The molecule has 20 heavy (non-hydrogen) atoms. The van der Waals surface area contributed by atoms with Gasteiger partial charge in [0.1, 0.15) is 0 Å². The van der Waals surface area contributed by atoms with Gasteiger partial charge in [-0.2, -0.15) is 0 Å². The van der Waals surface area contributed by atoms with Crippen molar-refractivity contribution < 1.29 is 0 Å². The molecular weight excluding hydrogens is 318 g/mol. The number of H-pyrrole nitrogens is 1. The molecule has 1 aromatic carbocycles. The van der Waals surface area contributed by atoms with E-state index in [1.54, 1.807) is 0 Å². The van der Waals surface area contributed by atoms with Crippen LogP contribution in [0.4, 0.5) is 5.95 Å². The van der Waals surface area contributed by atoms with Crippen LogP contribution in [0, 0.1) is 0 Å². The SMILES string of the molecule is O=c1[nH]c(NCc2ccc(Br)cc2)nc2c1CCCC2. The van der Waals surface area contributed by atoms with Gasteiger partial charge < -0.3 is 5.32 Å². The monoisotopic (exact) mass is 333 g/mol. The van der Waals surface area contributed by atoms with Crippen molar-refractivity contribution >= 4 is 21.9 Å². The number of nitrogens with one attached hydrogen (secondary N) is 2. The Morgan fingerprint density at radius 2 is 1.95 bits per heavy atom. The van der Waals surface area contributed by atoms with Gasteiger partial charge in [-0.05, 0) is 43.4 Å². The van der Waals surface area contributed by atoms with Crippen LogP contribution in [0.25, 0.3) is 0 Å². The molecule has 1 heterocycles. The fourth-order valence-electron chi connectivity index (χ4n) is 2.48. The summed E-state index contributed by atoms with van der Waals surface area (Å²) in [7, 11) is 0. The van der Waals surface area contributed by atoms with Crippen molar-refractivity contribution in [2.24, 2.45) is 0 Å². The molecule has 3 rings (SSSR count). The minimum atomic E-state index is 0.00741. The van der Waals surface area contributed by atoms with Crippen molar-refractivity contribution in [2.75, 3.05) is 5.32 Å². The van der Waals surface area contributed by atoms with Crippen LogP contribution < -0.4 is 10.9 Å². The lowest BCUT2D eigenvalue weighted by molar-refractivity contribution is 0.657. The molecule has 2 aromatic rings. The molecule has 1 aromatic heterocycles. The second kappa shape index (κ2) is 5.79. The molecule has 1 aliphatic carbocycles. The van der Waals surface area contributed by atoms with Crippen molar-refractivity contribution in [1.82, 2.24) is 9.97 Å². The number of aromatic nitrogens is 2. The first-order valence-corrected chi connectivity index (χ1v) is 7.62. The number of fused-ring (bicyclic) bond motifs is 1. The number of halogens is 1. The van der Waals surface area contributed by atoms with Crippen LogP contribution in [0.3, 0.4) is 0 Å². The number of hydrogen-bond donors (Lipinski definition) is 2. The zero-order valence-electron chi connectivity index (χ0n) is 11.1. The second-order valence-electron chi connectivity index (χ2n) is 5.03. The third kappa shape index (κ3) is 2.93. The van der Waals surface area contributed by atoms with E-state index in [9.17, 15) is 4.79 Å². The lowest BCUT2D eigenvalue weighted by atomic mass is 9.97. The molecule has 0 fully saturated rings. The van der Waals surface area contributed by atoms with E-state index in [1.807, 2.05) is 24.3 Å². The predicted octanol–water partition coefficient (Wildman–Crippen LogP) is 3.02.